The molecule has 0 saturated heterocycles. The minimum Gasteiger partial charge on any atom is -0.399 e. The Labute approximate surface area is 343 Å². The van der Waals surface area contributed by atoms with Gasteiger partial charge in [-0.3, -0.25) is 0 Å². The highest BCUT2D eigenvalue weighted by atomic mass is 19.4. The number of halogens is 10. The van der Waals surface area contributed by atoms with Gasteiger partial charge in [0.25, 0.3) is 0 Å². The molecule has 0 spiro atoms. The molecule has 0 aliphatic heterocycles. The molecule has 0 radical (unpaired) electrons. The lowest BCUT2D eigenvalue weighted by atomic mass is 9.77. The molecule has 59 heavy (non-hydrogen) atoms. The van der Waals surface area contributed by atoms with Crippen molar-refractivity contribution in [2.24, 2.45) is 23.7 Å². The number of fused-ring (bicyclic) bond motifs is 2. The summed E-state index contributed by atoms with van der Waals surface area (Å²) in [5.41, 5.74) is 3.11. The van der Waals surface area contributed by atoms with Crippen molar-refractivity contribution in [2.45, 2.75) is 174 Å². The fourth-order valence-corrected chi connectivity index (χ4v) is 9.62. The number of unbranched alkanes of at least 4 members (excludes halogenated alkanes) is 3. The standard InChI is InChI=1S/C24H31F5O.C23H29F5O/c1-2-3-4-5-16-6-8-17(9-7-16)10-11-18-12-13-20-19(14-18)15-21(25)23(22(20)26)30-24(27,28)29;1-2-3-4-15-5-7-16(8-6-15)9-10-17-11-12-19-18(13-17)14-20(24)22(21(19)25)29-23(26,27)28/h14-17H,2-13H2,1H3;13-16H,2-12H2,1H3. The summed E-state index contributed by atoms with van der Waals surface area (Å²) >= 11 is 0. The Hall–Kier alpha value is -3.18. The second-order valence-electron chi connectivity index (χ2n) is 17.3. The highest BCUT2D eigenvalue weighted by Crippen LogP contribution is 2.41. The maximum Gasteiger partial charge on any atom is 0.573 e. The Morgan fingerprint density at radius 2 is 0.847 bits per heavy atom. The molecule has 0 heterocycles. The summed E-state index contributed by atoms with van der Waals surface area (Å²) in [5.74, 6) is -4.68. The quantitative estimate of drug-likeness (QED) is 0.131. The molecule has 330 valence electrons. The van der Waals surface area contributed by atoms with Gasteiger partial charge in [-0.15, -0.1) is 26.3 Å². The van der Waals surface area contributed by atoms with Crippen LogP contribution in [0.2, 0.25) is 0 Å². The average molecular weight is 847 g/mol. The predicted molar refractivity (Wildman–Crippen MR) is 212 cm³/mol. The lowest BCUT2D eigenvalue weighted by Crippen LogP contribution is -2.20. The normalized spacial score (nSPS) is 22.0. The van der Waals surface area contributed by atoms with Crippen LogP contribution in [-0.2, 0) is 12.8 Å². The fourth-order valence-electron chi connectivity index (χ4n) is 9.62. The molecular weight excluding hydrogens is 786 g/mol. The van der Waals surface area contributed by atoms with E-state index in [0.29, 0.717) is 35.8 Å². The van der Waals surface area contributed by atoms with Gasteiger partial charge in [-0.05, 0) is 109 Å². The number of benzene rings is 2. The van der Waals surface area contributed by atoms with Crippen LogP contribution in [0.25, 0.3) is 12.2 Å². The van der Waals surface area contributed by atoms with E-state index in [0.717, 1.165) is 60.8 Å². The Balaban J connectivity index is 0.000000224. The summed E-state index contributed by atoms with van der Waals surface area (Å²) in [6.07, 6.45) is 18.2. The third-order valence-electron chi connectivity index (χ3n) is 13.0. The number of hydrogen-bond acceptors (Lipinski definition) is 2. The Morgan fingerprint density at radius 1 is 0.492 bits per heavy atom. The van der Waals surface area contributed by atoms with Crippen LogP contribution in [-0.4, -0.2) is 12.7 Å². The zero-order chi connectivity index (χ0) is 42.7. The SMILES string of the molecule is CCCCC1CCC(CCC2=Cc3cc(F)c(OC(F)(F)F)c(F)c3CC2)CC1.CCCCCC1CCC(CCC2=Cc3cc(F)c(OC(F)(F)F)c(F)c3CC2)CC1. The molecule has 2 nitrogen and oxygen atoms in total. The molecule has 2 aromatic carbocycles. The highest BCUT2D eigenvalue weighted by molar-refractivity contribution is 5.63. The minimum absolute atomic E-state index is 0.103. The first-order valence-corrected chi connectivity index (χ1v) is 22.0. The van der Waals surface area contributed by atoms with Gasteiger partial charge < -0.3 is 9.47 Å². The van der Waals surface area contributed by atoms with Gasteiger partial charge in [0.05, 0.1) is 0 Å². The van der Waals surface area contributed by atoms with Crippen LogP contribution in [0.5, 0.6) is 11.5 Å². The molecule has 0 bridgehead atoms. The highest BCUT2D eigenvalue weighted by Gasteiger charge is 2.37. The van der Waals surface area contributed by atoms with E-state index in [9.17, 15) is 43.9 Å². The van der Waals surface area contributed by atoms with E-state index < -0.39 is 47.5 Å². The smallest absolute Gasteiger partial charge is 0.399 e. The molecule has 2 fully saturated rings. The first-order valence-electron chi connectivity index (χ1n) is 22.0. The van der Waals surface area contributed by atoms with Crippen LogP contribution in [0.1, 0.15) is 171 Å². The molecule has 0 atom stereocenters. The number of hydrogen-bond donors (Lipinski definition) is 0. The van der Waals surface area contributed by atoms with Crippen LogP contribution < -0.4 is 9.47 Å². The second kappa shape index (κ2) is 21.6. The van der Waals surface area contributed by atoms with Crippen LogP contribution >= 0.6 is 0 Å². The van der Waals surface area contributed by atoms with Crippen LogP contribution in [0, 0.1) is 46.9 Å². The molecule has 4 aliphatic carbocycles. The fraction of sp³-hybridized carbons (Fsp3) is 0.660. The Morgan fingerprint density at radius 3 is 1.20 bits per heavy atom. The molecule has 0 amide bonds. The lowest BCUT2D eigenvalue weighted by Gasteiger charge is -2.29. The average Bonchev–Trinajstić information content (AvgIpc) is 3.19. The van der Waals surface area contributed by atoms with Crippen LogP contribution in [0.4, 0.5) is 43.9 Å². The zero-order valence-corrected chi connectivity index (χ0v) is 34.5. The molecule has 6 rings (SSSR count). The van der Waals surface area contributed by atoms with E-state index in [2.05, 4.69) is 23.3 Å². The summed E-state index contributed by atoms with van der Waals surface area (Å²) < 4.78 is 138. The molecule has 4 aliphatic rings. The van der Waals surface area contributed by atoms with Crippen molar-refractivity contribution in [1.29, 1.82) is 0 Å². The van der Waals surface area contributed by atoms with E-state index in [-0.39, 0.29) is 24.0 Å². The summed E-state index contributed by atoms with van der Waals surface area (Å²) in [6.45, 7) is 4.46. The summed E-state index contributed by atoms with van der Waals surface area (Å²) in [7, 11) is 0. The molecule has 0 N–H and O–H groups in total. The summed E-state index contributed by atoms with van der Waals surface area (Å²) in [4.78, 5) is 0. The first kappa shape index (κ1) is 46.9. The second-order valence-corrected chi connectivity index (χ2v) is 17.3. The lowest BCUT2D eigenvalue weighted by molar-refractivity contribution is -0.277. The van der Waals surface area contributed by atoms with Crippen molar-refractivity contribution in [1.82, 2.24) is 0 Å². The van der Waals surface area contributed by atoms with Gasteiger partial charge in [0, 0.05) is 0 Å². The van der Waals surface area contributed by atoms with E-state index in [1.165, 1.54) is 96.3 Å². The molecule has 12 heteroatoms. The molecule has 0 aromatic heterocycles. The molecule has 0 unspecified atom stereocenters. The molecule has 2 saturated carbocycles. The summed E-state index contributed by atoms with van der Waals surface area (Å²) in [5, 5.41) is 0. The van der Waals surface area contributed by atoms with E-state index >= 15 is 0 Å². The summed E-state index contributed by atoms with van der Waals surface area (Å²) in [6, 6.07) is 1.91. The third-order valence-corrected chi connectivity index (χ3v) is 13.0. The molecular formula is C47H60F10O2. The monoisotopic (exact) mass is 846 g/mol. The van der Waals surface area contributed by atoms with Gasteiger partial charge in [-0.25, -0.2) is 17.6 Å². The Bertz CT molecular complexity index is 1730. The van der Waals surface area contributed by atoms with Crippen molar-refractivity contribution in [3.8, 4) is 11.5 Å². The number of ether oxygens (including phenoxy) is 2. The van der Waals surface area contributed by atoms with Crippen molar-refractivity contribution < 1.29 is 53.4 Å². The van der Waals surface area contributed by atoms with Crippen LogP contribution in [0.3, 0.4) is 0 Å². The number of alkyl halides is 6. The number of allylic oxidation sites excluding steroid dienone is 2. The van der Waals surface area contributed by atoms with Gasteiger partial charge in [0.15, 0.2) is 23.3 Å². The maximum absolute atomic E-state index is 14.4. The van der Waals surface area contributed by atoms with Crippen molar-refractivity contribution in [3.63, 3.8) is 0 Å². The van der Waals surface area contributed by atoms with Gasteiger partial charge >= 0.3 is 12.7 Å². The topological polar surface area (TPSA) is 18.5 Å². The number of rotatable bonds is 15. The third kappa shape index (κ3) is 14.2. The molecule has 2 aromatic rings. The van der Waals surface area contributed by atoms with Crippen molar-refractivity contribution in [3.05, 3.63) is 68.8 Å². The van der Waals surface area contributed by atoms with Crippen molar-refractivity contribution >= 4 is 12.2 Å². The zero-order valence-electron chi connectivity index (χ0n) is 34.5. The van der Waals surface area contributed by atoms with Gasteiger partial charge in [0.1, 0.15) is 0 Å². The van der Waals surface area contributed by atoms with E-state index in [1.807, 2.05) is 0 Å². The largest absolute Gasteiger partial charge is 0.573 e. The van der Waals surface area contributed by atoms with E-state index in [4.69, 9.17) is 0 Å². The van der Waals surface area contributed by atoms with Gasteiger partial charge in [0.2, 0.25) is 11.5 Å². The minimum atomic E-state index is -5.12. The first-order chi connectivity index (χ1) is 28.0. The van der Waals surface area contributed by atoms with Gasteiger partial charge in [-0.2, -0.15) is 0 Å². The van der Waals surface area contributed by atoms with Crippen molar-refractivity contribution in [2.75, 3.05) is 0 Å². The maximum atomic E-state index is 14.4. The van der Waals surface area contributed by atoms with E-state index in [1.54, 1.807) is 12.2 Å². The predicted octanol–water partition coefficient (Wildman–Crippen LogP) is 16.3. The van der Waals surface area contributed by atoms with Crippen LogP contribution in [0.15, 0.2) is 23.3 Å². The Kier molecular flexibility index (Phi) is 17.1. The van der Waals surface area contributed by atoms with Gasteiger partial charge in [-0.1, -0.05) is 133 Å².